The van der Waals surface area contributed by atoms with E-state index >= 15 is 0 Å². The molecule has 0 radical (unpaired) electrons. The number of benzene rings is 1. The highest BCUT2D eigenvalue weighted by Gasteiger charge is 2.18. The van der Waals surface area contributed by atoms with Crippen LogP contribution in [0.4, 0.5) is 8.78 Å². The highest BCUT2D eigenvalue weighted by atomic mass is 19.2. The van der Waals surface area contributed by atoms with Crippen molar-refractivity contribution in [3.8, 4) is 5.69 Å². The van der Waals surface area contributed by atoms with Crippen LogP contribution in [0.25, 0.3) is 5.69 Å². The van der Waals surface area contributed by atoms with Gasteiger partial charge in [-0.2, -0.15) is 4.68 Å². The zero-order valence-corrected chi connectivity index (χ0v) is 13.2. The molecule has 0 bridgehead atoms. The molecule has 1 saturated carbocycles. The van der Waals surface area contributed by atoms with Crippen LogP contribution in [0.2, 0.25) is 0 Å². The molecule has 1 N–H and O–H groups in total. The predicted octanol–water partition coefficient (Wildman–Crippen LogP) is 2.53. The molecule has 6 nitrogen and oxygen atoms in total. The molecule has 0 spiro atoms. The van der Waals surface area contributed by atoms with Crippen molar-refractivity contribution in [1.29, 1.82) is 0 Å². The fraction of sp³-hybridized carbons (Fsp3) is 0.500. The zero-order chi connectivity index (χ0) is 16.9. The molecule has 8 heteroatoms. The SMILES string of the molecule is O=C(CC1CCCCC1)NCc1nnnn1-c1ccc(F)c(F)c1. The molecule has 128 valence electrons. The molecular formula is C16H19F2N5O. The van der Waals surface area contributed by atoms with Gasteiger partial charge in [0.05, 0.1) is 12.2 Å². The van der Waals surface area contributed by atoms with E-state index in [1.807, 2.05) is 0 Å². The minimum atomic E-state index is -0.977. The second-order valence-electron chi connectivity index (χ2n) is 6.09. The van der Waals surface area contributed by atoms with Gasteiger partial charge in [0.15, 0.2) is 17.5 Å². The summed E-state index contributed by atoms with van der Waals surface area (Å²) in [6.07, 6.45) is 6.33. The number of carbonyl (C=O) groups is 1. The van der Waals surface area contributed by atoms with Crippen LogP contribution in [-0.4, -0.2) is 26.1 Å². The minimum absolute atomic E-state index is 0.0401. The first-order valence-corrected chi connectivity index (χ1v) is 8.13. The first kappa shape index (κ1) is 16.5. The Balaban J connectivity index is 1.61. The van der Waals surface area contributed by atoms with Crippen molar-refractivity contribution in [2.24, 2.45) is 5.92 Å². The molecule has 1 aliphatic rings. The minimum Gasteiger partial charge on any atom is -0.349 e. The third-order valence-corrected chi connectivity index (χ3v) is 4.32. The number of tetrazole rings is 1. The Morgan fingerprint density at radius 3 is 2.75 bits per heavy atom. The maximum atomic E-state index is 13.4. The number of aromatic nitrogens is 4. The molecule has 3 rings (SSSR count). The van der Waals surface area contributed by atoms with Crippen molar-refractivity contribution in [1.82, 2.24) is 25.5 Å². The van der Waals surface area contributed by atoms with Gasteiger partial charge in [-0.1, -0.05) is 19.3 Å². The van der Waals surface area contributed by atoms with Crippen LogP contribution in [0.5, 0.6) is 0 Å². The Hall–Kier alpha value is -2.38. The maximum absolute atomic E-state index is 13.4. The molecule has 24 heavy (non-hydrogen) atoms. The fourth-order valence-electron chi connectivity index (χ4n) is 3.04. The van der Waals surface area contributed by atoms with E-state index in [-0.39, 0.29) is 12.5 Å². The van der Waals surface area contributed by atoms with Crippen LogP contribution >= 0.6 is 0 Å². The van der Waals surface area contributed by atoms with Gasteiger partial charge in [-0.15, -0.1) is 5.10 Å². The van der Waals surface area contributed by atoms with Gasteiger partial charge < -0.3 is 5.32 Å². The Labute approximate surface area is 138 Å². The van der Waals surface area contributed by atoms with Gasteiger partial charge in [-0.25, -0.2) is 8.78 Å². The van der Waals surface area contributed by atoms with Gasteiger partial charge in [-0.05, 0) is 41.3 Å². The van der Waals surface area contributed by atoms with Crippen molar-refractivity contribution in [2.75, 3.05) is 0 Å². The molecule has 1 fully saturated rings. The average molecular weight is 335 g/mol. The summed E-state index contributed by atoms with van der Waals surface area (Å²) in [6, 6.07) is 3.40. The summed E-state index contributed by atoms with van der Waals surface area (Å²) in [4.78, 5) is 12.1. The summed E-state index contributed by atoms with van der Waals surface area (Å²) in [5, 5.41) is 13.9. The van der Waals surface area contributed by atoms with Crippen molar-refractivity contribution in [3.63, 3.8) is 0 Å². The predicted molar refractivity (Wildman–Crippen MR) is 82.1 cm³/mol. The normalized spacial score (nSPS) is 15.4. The number of carbonyl (C=O) groups excluding carboxylic acids is 1. The third-order valence-electron chi connectivity index (χ3n) is 4.32. The van der Waals surface area contributed by atoms with Gasteiger partial charge in [0, 0.05) is 12.5 Å². The number of nitrogens with zero attached hydrogens (tertiary/aromatic N) is 4. The molecule has 1 amide bonds. The summed E-state index contributed by atoms with van der Waals surface area (Å²) in [5.74, 6) is -1.15. The number of halogens is 2. The second-order valence-corrected chi connectivity index (χ2v) is 6.09. The molecule has 1 aromatic heterocycles. The standard InChI is InChI=1S/C16H19F2N5O/c17-13-7-6-12(9-14(13)18)23-15(20-21-22-23)10-19-16(24)8-11-4-2-1-3-5-11/h6-7,9,11H,1-5,8,10H2,(H,19,24). The number of amides is 1. The van der Waals surface area contributed by atoms with Crippen LogP contribution in [-0.2, 0) is 11.3 Å². The van der Waals surface area contributed by atoms with E-state index in [9.17, 15) is 13.6 Å². The van der Waals surface area contributed by atoms with Crippen LogP contribution in [0.1, 0.15) is 44.3 Å². The highest BCUT2D eigenvalue weighted by Crippen LogP contribution is 2.26. The lowest BCUT2D eigenvalue weighted by molar-refractivity contribution is -0.122. The molecule has 2 aromatic rings. The molecule has 1 aliphatic carbocycles. The van der Waals surface area contributed by atoms with E-state index < -0.39 is 11.6 Å². The lowest BCUT2D eigenvalue weighted by Gasteiger charge is -2.20. The zero-order valence-electron chi connectivity index (χ0n) is 13.2. The molecule has 1 heterocycles. The largest absolute Gasteiger partial charge is 0.349 e. The van der Waals surface area contributed by atoms with Gasteiger partial charge in [0.2, 0.25) is 5.91 Å². The van der Waals surface area contributed by atoms with E-state index in [1.165, 1.54) is 30.0 Å². The topological polar surface area (TPSA) is 72.7 Å². The van der Waals surface area contributed by atoms with E-state index in [1.54, 1.807) is 0 Å². The monoisotopic (exact) mass is 335 g/mol. The van der Waals surface area contributed by atoms with Crippen molar-refractivity contribution in [2.45, 2.75) is 45.1 Å². The first-order chi connectivity index (χ1) is 11.6. The van der Waals surface area contributed by atoms with Crippen LogP contribution in [0.3, 0.4) is 0 Å². The number of rotatable bonds is 5. The summed E-state index contributed by atoms with van der Waals surface area (Å²) in [5.41, 5.74) is 0.301. The summed E-state index contributed by atoms with van der Waals surface area (Å²) < 4.78 is 27.7. The second kappa shape index (κ2) is 7.46. The molecule has 0 unspecified atom stereocenters. The van der Waals surface area contributed by atoms with Crippen LogP contribution < -0.4 is 5.32 Å². The first-order valence-electron chi connectivity index (χ1n) is 8.13. The van der Waals surface area contributed by atoms with Gasteiger partial charge in [0.25, 0.3) is 0 Å². The van der Waals surface area contributed by atoms with Crippen molar-refractivity contribution < 1.29 is 13.6 Å². The lowest BCUT2D eigenvalue weighted by atomic mass is 9.87. The van der Waals surface area contributed by atoms with E-state index in [0.29, 0.717) is 23.9 Å². The Bertz CT molecular complexity index is 712. The Morgan fingerprint density at radius 2 is 2.00 bits per heavy atom. The quantitative estimate of drug-likeness (QED) is 0.911. The fourth-order valence-corrected chi connectivity index (χ4v) is 3.04. The molecule has 0 saturated heterocycles. The Morgan fingerprint density at radius 1 is 1.21 bits per heavy atom. The highest BCUT2D eigenvalue weighted by molar-refractivity contribution is 5.76. The smallest absolute Gasteiger partial charge is 0.220 e. The number of hydrogen-bond acceptors (Lipinski definition) is 4. The summed E-state index contributed by atoms with van der Waals surface area (Å²) >= 11 is 0. The summed E-state index contributed by atoms with van der Waals surface area (Å²) in [6.45, 7) is 0.136. The van der Waals surface area contributed by atoms with Crippen LogP contribution in [0.15, 0.2) is 18.2 Å². The average Bonchev–Trinajstić information content (AvgIpc) is 3.05. The van der Waals surface area contributed by atoms with Crippen molar-refractivity contribution in [3.05, 3.63) is 35.7 Å². The third kappa shape index (κ3) is 3.93. The molecule has 1 aromatic carbocycles. The number of nitrogens with one attached hydrogen (secondary N) is 1. The van der Waals surface area contributed by atoms with E-state index in [0.717, 1.165) is 25.0 Å². The van der Waals surface area contributed by atoms with E-state index in [2.05, 4.69) is 20.8 Å². The van der Waals surface area contributed by atoms with Crippen LogP contribution in [0, 0.1) is 17.6 Å². The van der Waals surface area contributed by atoms with Gasteiger partial charge in [-0.3, -0.25) is 4.79 Å². The maximum Gasteiger partial charge on any atom is 0.220 e. The van der Waals surface area contributed by atoms with Crippen molar-refractivity contribution >= 4 is 5.91 Å². The van der Waals surface area contributed by atoms with Gasteiger partial charge in [0.1, 0.15) is 0 Å². The number of hydrogen-bond donors (Lipinski definition) is 1. The molecular weight excluding hydrogens is 316 g/mol. The molecule has 0 atom stereocenters. The van der Waals surface area contributed by atoms with Gasteiger partial charge >= 0.3 is 0 Å². The molecule has 0 aliphatic heterocycles. The summed E-state index contributed by atoms with van der Waals surface area (Å²) in [7, 11) is 0. The van der Waals surface area contributed by atoms with E-state index in [4.69, 9.17) is 0 Å². The Kier molecular flexibility index (Phi) is 5.12. The lowest BCUT2D eigenvalue weighted by Crippen LogP contribution is -2.27.